The average molecular weight is 556 g/mol. The van der Waals surface area contributed by atoms with Crippen LogP contribution in [0.1, 0.15) is 57.6 Å². The summed E-state index contributed by atoms with van der Waals surface area (Å²) in [5, 5.41) is 8.15. The Morgan fingerprint density at radius 2 is 1.85 bits per heavy atom. The van der Waals surface area contributed by atoms with Crippen molar-refractivity contribution in [3.63, 3.8) is 0 Å². The number of carbonyl (C=O) groups is 1. The van der Waals surface area contributed by atoms with Crippen LogP contribution >= 0.6 is 0 Å². The first-order valence-electron chi connectivity index (χ1n) is 13.3. The Balaban J connectivity index is 1.54. The lowest BCUT2D eigenvalue weighted by atomic mass is 10.0. The van der Waals surface area contributed by atoms with Crippen LogP contribution in [0, 0.1) is 13.8 Å². The van der Waals surface area contributed by atoms with Gasteiger partial charge < -0.3 is 16.0 Å². The quantitative estimate of drug-likeness (QED) is 0.268. The Hall–Kier alpha value is -3.83. The Kier molecular flexibility index (Phi) is 8.85. The molecule has 0 atom stereocenters. The van der Waals surface area contributed by atoms with Crippen LogP contribution < -0.4 is 21.9 Å². The summed E-state index contributed by atoms with van der Waals surface area (Å²) in [6.07, 6.45) is 2.51. The molecule has 0 aliphatic carbocycles. The Labute approximate surface area is 232 Å². The van der Waals surface area contributed by atoms with Crippen LogP contribution in [0.25, 0.3) is 5.70 Å². The molecule has 1 amide bonds. The van der Waals surface area contributed by atoms with E-state index in [1.165, 1.54) is 17.6 Å². The maximum atomic E-state index is 13.7. The van der Waals surface area contributed by atoms with Gasteiger partial charge in [0.2, 0.25) is 0 Å². The number of nitrogens with one attached hydrogen (secondary N) is 1. The molecule has 5 N–H and O–H groups in total. The predicted molar refractivity (Wildman–Crippen MR) is 151 cm³/mol. The molecule has 1 fully saturated rings. The second-order valence-electron chi connectivity index (χ2n) is 10.3. The molecule has 0 saturated carbocycles. The zero-order chi connectivity index (χ0) is 29.0. The number of nitrogens with two attached hydrogens (primary N) is 2. The first kappa shape index (κ1) is 29.2. The molecule has 2 heterocycles. The molecule has 0 radical (unpaired) electrons. The Bertz CT molecular complexity index is 1390. The SMILES string of the molecule is Cc1ccc(C(=O)Nc2cc(CCN3CCCCC3)cc(C(F)(F)F)c2)cc1N(N)/C=C(\N)c1cnn(C)c1C. The summed E-state index contributed by atoms with van der Waals surface area (Å²) in [4.78, 5) is 15.4. The van der Waals surface area contributed by atoms with E-state index >= 15 is 0 Å². The number of rotatable bonds is 8. The highest BCUT2D eigenvalue weighted by Gasteiger charge is 2.31. The number of aryl methyl sites for hydroxylation is 2. The Morgan fingerprint density at radius 3 is 2.50 bits per heavy atom. The highest BCUT2D eigenvalue weighted by molar-refractivity contribution is 6.05. The predicted octanol–water partition coefficient (Wildman–Crippen LogP) is 4.97. The molecular weight excluding hydrogens is 519 g/mol. The van der Waals surface area contributed by atoms with Gasteiger partial charge in [0, 0.05) is 42.3 Å². The van der Waals surface area contributed by atoms with Crippen LogP contribution in [-0.4, -0.2) is 40.2 Å². The number of hydrazine groups is 1. The van der Waals surface area contributed by atoms with Crippen molar-refractivity contribution in [2.45, 2.75) is 45.7 Å². The third-order valence-electron chi connectivity index (χ3n) is 7.32. The third-order valence-corrected chi connectivity index (χ3v) is 7.32. The number of likely N-dealkylation sites (tertiary alicyclic amines) is 1. The van der Waals surface area contributed by atoms with Crippen molar-refractivity contribution >= 4 is 23.0 Å². The molecule has 0 unspecified atom stereocenters. The van der Waals surface area contributed by atoms with Crippen molar-refractivity contribution in [3.8, 4) is 0 Å². The minimum atomic E-state index is -4.53. The first-order valence-corrected chi connectivity index (χ1v) is 13.3. The van der Waals surface area contributed by atoms with Gasteiger partial charge in [-0.25, -0.2) is 5.84 Å². The molecule has 214 valence electrons. The van der Waals surface area contributed by atoms with Gasteiger partial charge in [0.15, 0.2) is 0 Å². The molecule has 2 aromatic carbocycles. The number of alkyl halides is 3. The van der Waals surface area contributed by atoms with Gasteiger partial charge in [0.1, 0.15) is 0 Å². The lowest BCUT2D eigenvalue weighted by molar-refractivity contribution is -0.137. The zero-order valence-electron chi connectivity index (χ0n) is 23.1. The summed E-state index contributed by atoms with van der Waals surface area (Å²) >= 11 is 0. The second kappa shape index (κ2) is 12.1. The molecule has 1 aliphatic heterocycles. The van der Waals surface area contributed by atoms with Gasteiger partial charge in [-0.3, -0.25) is 14.5 Å². The summed E-state index contributed by atoms with van der Waals surface area (Å²) in [5.41, 5.74) is 9.60. The number of hydrogen-bond donors (Lipinski definition) is 3. The van der Waals surface area contributed by atoms with Gasteiger partial charge in [0.05, 0.1) is 23.1 Å². The van der Waals surface area contributed by atoms with Crippen LogP contribution in [0.4, 0.5) is 24.5 Å². The van der Waals surface area contributed by atoms with Crippen LogP contribution in [0.3, 0.4) is 0 Å². The van der Waals surface area contributed by atoms with E-state index in [0.29, 0.717) is 29.9 Å². The van der Waals surface area contributed by atoms with E-state index in [-0.39, 0.29) is 11.3 Å². The van der Waals surface area contributed by atoms with Crippen molar-refractivity contribution in [1.29, 1.82) is 0 Å². The monoisotopic (exact) mass is 555 g/mol. The standard InChI is InChI=1S/C29H36F3N7O/c1-19-7-8-22(15-27(19)39(34)18-26(33)25-17-35-37(3)20(25)2)28(40)36-24-14-21(13-23(16-24)29(30,31)32)9-12-38-10-5-4-6-11-38/h7-8,13-18H,4-6,9-12,33-34H2,1-3H3,(H,36,40)/b26-18-. The second-order valence-corrected chi connectivity index (χ2v) is 10.3. The van der Waals surface area contributed by atoms with E-state index in [4.69, 9.17) is 11.6 Å². The summed E-state index contributed by atoms with van der Waals surface area (Å²) in [6, 6.07) is 8.64. The van der Waals surface area contributed by atoms with Gasteiger partial charge in [-0.2, -0.15) is 18.3 Å². The highest BCUT2D eigenvalue weighted by atomic mass is 19.4. The molecule has 1 saturated heterocycles. The fourth-order valence-corrected chi connectivity index (χ4v) is 4.85. The lowest BCUT2D eigenvalue weighted by Crippen LogP contribution is -2.31. The number of benzene rings is 2. The molecule has 1 aromatic heterocycles. The Morgan fingerprint density at radius 1 is 1.12 bits per heavy atom. The topological polar surface area (TPSA) is 105 Å². The number of aromatic nitrogens is 2. The average Bonchev–Trinajstić information content (AvgIpc) is 3.25. The van der Waals surface area contributed by atoms with E-state index in [9.17, 15) is 18.0 Å². The maximum Gasteiger partial charge on any atom is 0.416 e. The number of carbonyl (C=O) groups excluding carboxylic acids is 1. The number of anilines is 2. The fraction of sp³-hybridized carbons (Fsp3) is 0.379. The lowest BCUT2D eigenvalue weighted by Gasteiger charge is -2.26. The highest BCUT2D eigenvalue weighted by Crippen LogP contribution is 2.32. The van der Waals surface area contributed by atoms with E-state index in [2.05, 4.69) is 15.3 Å². The van der Waals surface area contributed by atoms with Crippen molar-refractivity contribution in [1.82, 2.24) is 14.7 Å². The van der Waals surface area contributed by atoms with Crippen molar-refractivity contribution in [3.05, 3.63) is 82.3 Å². The molecular formula is C29H36F3N7O. The van der Waals surface area contributed by atoms with Crippen molar-refractivity contribution in [2.75, 3.05) is 30.0 Å². The van der Waals surface area contributed by atoms with E-state index < -0.39 is 17.6 Å². The zero-order valence-corrected chi connectivity index (χ0v) is 23.1. The normalized spacial score (nSPS) is 14.8. The van der Waals surface area contributed by atoms with Gasteiger partial charge in [0.25, 0.3) is 5.91 Å². The number of nitrogens with zero attached hydrogens (tertiary/aromatic N) is 4. The number of piperidine rings is 1. The number of hydrogen-bond acceptors (Lipinski definition) is 6. The number of amides is 1. The maximum absolute atomic E-state index is 13.7. The molecule has 4 rings (SSSR count). The smallest absolute Gasteiger partial charge is 0.397 e. The van der Waals surface area contributed by atoms with E-state index in [0.717, 1.165) is 54.9 Å². The number of halogens is 3. The van der Waals surface area contributed by atoms with Gasteiger partial charge in [-0.05, 0) is 87.7 Å². The van der Waals surface area contributed by atoms with Crippen LogP contribution in [0.2, 0.25) is 0 Å². The fourth-order valence-electron chi connectivity index (χ4n) is 4.85. The first-order chi connectivity index (χ1) is 18.9. The summed E-state index contributed by atoms with van der Waals surface area (Å²) in [7, 11) is 1.81. The molecule has 40 heavy (non-hydrogen) atoms. The summed E-state index contributed by atoms with van der Waals surface area (Å²) in [6.45, 7) is 6.31. The summed E-state index contributed by atoms with van der Waals surface area (Å²) < 4.78 is 42.7. The molecule has 1 aliphatic rings. The van der Waals surface area contributed by atoms with Crippen molar-refractivity contribution < 1.29 is 18.0 Å². The van der Waals surface area contributed by atoms with Crippen LogP contribution in [0.15, 0.2) is 48.8 Å². The van der Waals surface area contributed by atoms with Crippen LogP contribution in [-0.2, 0) is 19.6 Å². The molecule has 11 heteroatoms. The summed E-state index contributed by atoms with van der Waals surface area (Å²) in [5.74, 6) is 5.74. The third kappa shape index (κ3) is 7.02. The minimum Gasteiger partial charge on any atom is -0.397 e. The molecule has 0 bridgehead atoms. The molecule has 0 spiro atoms. The van der Waals surface area contributed by atoms with Crippen molar-refractivity contribution in [2.24, 2.45) is 18.6 Å². The van der Waals surface area contributed by atoms with Gasteiger partial charge >= 0.3 is 6.18 Å². The minimum absolute atomic E-state index is 0.0939. The van der Waals surface area contributed by atoms with Gasteiger partial charge in [-0.1, -0.05) is 12.5 Å². The molecule has 8 nitrogen and oxygen atoms in total. The van der Waals surface area contributed by atoms with E-state index in [1.807, 2.05) is 13.8 Å². The largest absolute Gasteiger partial charge is 0.416 e. The molecule has 3 aromatic rings. The van der Waals surface area contributed by atoms with E-state index in [1.54, 1.807) is 42.2 Å². The van der Waals surface area contributed by atoms with Crippen LogP contribution in [0.5, 0.6) is 0 Å². The van der Waals surface area contributed by atoms with Gasteiger partial charge in [-0.15, -0.1) is 0 Å².